The minimum Gasteiger partial charge on any atom is -0.314 e. The van der Waals surface area contributed by atoms with E-state index in [0.29, 0.717) is 0 Å². The molecule has 0 spiro atoms. The average molecular weight is 115 g/mol. The Balaban J connectivity index is 2.82. The monoisotopic (exact) mass is 115 g/mol. The largest absolute Gasteiger partial charge is 0.314 e. The van der Waals surface area contributed by atoms with Gasteiger partial charge >= 0.3 is 0 Å². The average Bonchev–Trinajstić information content (AvgIpc) is 1.61. The summed E-state index contributed by atoms with van der Waals surface area (Å²) in [5, 5.41) is 4.52. The molecule has 42 valence electrons. The Morgan fingerprint density at radius 3 is 2.57 bits per heavy atom. The maximum Gasteiger partial charge on any atom is 0.0341 e. The van der Waals surface area contributed by atoms with Gasteiger partial charge in [0.25, 0.3) is 0 Å². The van der Waals surface area contributed by atoms with Gasteiger partial charge in [0.15, 0.2) is 0 Å². The molecule has 0 aromatic heterocycles. The minimum absolute atomic E-state index is 1.02. The Morgan fingerprint density at radius 2 is 2.43 bits per heavy atom. The molecule has 0 saturated heterocycles. The molecular formula is C5H13NSi. The van der Waals surface area contributed by atoms with E-state index >= 15 is 0 Å². The van der Waals surface area contributed by atoms with Crippen LogP contribution in [0.5, 0.6) is 0 Å². The fraction of sp³-hybridized carbons (Fsp3) is 0.600. The lowest BCUT2D eigenvalue weighted by molar-refractivity contribution is 0.794. The van der Waals surface area contributed by atoms with Crippen molar-refractivity contribution in [1.82, 2.24) is 5.32 Å². The molecule has 0 aromatic carbocycles. The van der Waals surface area contributed by atoms with E-state index in [2.05, 4.69) is 18.8 Å². The number of likely N-dealkylation sites (N-methyl/N-ethyl adjacent to an activating group) is 1. The first kappa shape index (κ1) is 6.92. The Bertz CT molecular complexity index is 61.1. The highest BCUT2D eigenvalue weighted by Crippen LogP contribution is 1.72. The summed E-state index contributed by atoms with van der Waals surface area (Å²) < 4.78 is 0. The van der Waals surface area contributed by atoms with E-state index in [1.165, 1.54) is 5.20 Å². The number of nitrogens with one attached hydrogen (secondary N) is 1. The molecule has 0 saturated carbocycles. The Labute approximate surface area is 48.2 Å². The van der Waals surface area contributed by atoms with Crippen LogP contribution in [0.15, 0.2) is 11.8 Å². The molecule has 0 radical (unpaired) electrons. The molecule has 0 amide bonds. The van der Waals surface area contributed by atoms with Crippen LogP contribution in [0.4, 0.5) is 0 Å². The molecule has 1 N–H and O–H groups in total. The van der Waals surface area contributed by atoms with Gasteiger partial charge in [0.2, 0.25) is 0 Å². The SMILES string of the molecule is C=C([SiH3])CNCC. The number of hydrogen-bond donors (Lipinski definition) is 1. The highest BCUT2D eigenvalue weighted by Gasteiger charge is 1.78. The molecule has 0 heterocycles. The Kier molecular flexibility index (Phi) is 4.04. The van der Waals surface area contributed by atoms with Crippen molar-refractivity contribution in [3.05, 3.63) is 11.8 Å². The predicted molar refractivity (Wildman–Crippen MR) is 37.6 cm³/mol. The van der Waals surface area contributed by atoms with Crippen LogP contribution in [0.2, 0.25) is 0 Å². The zero-order valence-corrected chi connectivity index (χ0v) is 7.12. The van der Waals surface area contributed by atoms with Gasteiger partial charge in [-0.2, -0.15) is 0 Å². The topological polar surface area (TPSA) is 12.0 Å². The van der Waals surface area contributed by atoms with E-state index in [4.69, 9.17) is 0 Å². The van der Waals surface area contributed by atoms with Crippen molar-refractivity contribution in [2.75, 3.05) is 13.1 Å². The Morgan fingerprint density at radius 1 is 1.86 bits per heavy atom. The first-order valence-corrected chi connectivity index (χ1v) is 3.62. The van der Waals surface area contributed by atoms with Gasteiger partial charge in [-0.15, -0.1) is 6.58 Å². The van der Waals surface area contributed by atoms with Crippen molar-refractivity contribution in [2.24, 2.45) is 0 Å². The maximum atomic E-state index is 3.79. The first-order chi connectivity index (χ1) is 3.27. The molecule has 0 aromatic rings. The summed E-state index contributed by atoms with van der Waals surface area (Å²) in [4.78, 5) is 0. The van der Waals surface area contributed by atoms with Crippen LogP contribution in [0, 0.1) is 0 Å². The smallest absolute Gasteiger partial charge is 0.0341 e. The van der Waals surface area contributed by atoms with Crippen molar-refractivity contribution >= 4 is 10.2 Å². The zero-order valence-electron chi connectivity index (χ0n) is 5.12. The Hall–Kier alpha value is -0.0831. The third-order valence-corrected chi connectivity index (χ3v) is 1.03. The first-order valence-electron chi connectivity index (χ1n) is 2.62. The quantitative estimate of drug-likeness (QED) is 0.488. The molecule has 1 nitrogen and oxygen atoms in total. The van der Waals surface area contributed by atoms with Gasteiger partial charge in [0.1, 0.15) is 0 Å². The van der Waals surface area contributed by atoms with Gasteiger partial charge in [-0.3, -0.25) is 0 Å². The molecule has 0 aliphatic heterocycles. The van der Waals surface area contributed by atoms with E-state index in [-0.39, 0.29) is 0 Å². The summed E-state index contributed by atoms with van der Waals surface area (Å²) in [5.41, 5.74) is 0. The van der Waals surface area contributed by atoms with Gasteiger partial charge in [-0.05, 0) is 6.54 Å². The van der Waals surface area contributed by atoms with E-state index < -0.39 is 0 Å². The van der Waals surface area contributed by atoms with Crippen molar-refractivity contribution < 1.29 is 0 Å². The second-order valence-electron chi connectivity index (χ2n) is 1.74. The summed E-state index contributed by atoms with van der Waals surface area (Å²) in [5.74, 6) is 0. The van der Waals surface area contributed by atoms with Gasteiger partial charge in [0.05, 0.1) is 0 Å². The summed E-state index contributed by atoms with van der Waals surface area (Å²) in [6, 6.07) is 0. The minimum atomic E-state index is 1.02. The standard InChI is InChI=1S/C5H13NSi/c1-3-6-4-5(2)7/h6H,2-4H2,1,7H3. The summed E-state index contributed by atoms with van der Waals surface area (Å²) >= 11 is 0. The van der Waals surface area contributed by atoms with Crippen LogP contribution in [-0.4, -0.2) is 23.3 Å². The number of rotatable bonds is 3. The molecular weight excluding hydrogens is 102 g/mol. The van der Waals surface area contributed by atoms with Gasteiger partial charge in [-0.1, -0.05) is 12.1 Å². The fourth-order valence-corrected chi connectivity index (χ4v) is 0.588. The van der Waals surface area contributed by atoms with E-state index in [1.54, 1.807) is 0 Å². The van der Waals surface area contributed by atoms with Gasteiger partial charge in [0, 0.05) is 16.8 Å². The zero-order chi connectivity index (χ0) is 5.70. The lowest BCUT2D eigenvalue weighted by atomic mass is 10.6. The molecule has 0 atom stereocenters. The van der Waals surface area contributed by atoms with E-state index in [1.807, 2.05) is 0 Å². The summed E-state index contributed by atoms with van der Waals surface area (Å²) in [6.07, 6.45) is 0. The van der Waals surface area contributed by atoms with Crippen LogP contribution in [-0.2, 0) is 0 Å². The number of hydrogen-bond acceptors (Lipinski definition) is 1. The molecule has 0 fully saturated rings. The van der Waals surface area contributed by atoms with Gasteiger partial charge < -0.3 is 5.32 Å². The third-order valence-electron chi connectivity index (χ3n) is 0.677. The van der Waals surface area contributed by atoms with E-state index in [9.17, 15) is 0 Å². The van der Waals surface area contributed by atoms with Crippen molar-refractivity contribution in [1.29, 1.82) is 0 Å². The maximum absolute atomic E-state index is 3.79. The molecule has 0 unspecified atom stereocenters. The summed E-state index contributed by atoms with van der Waals surface area (Å²) in [6.45, 7) is 7.97. The van der Waals surface area contributed by atoms with Crippen LogP contribution in [0.1, 0.15) is 6.92 Å². The van der Waals surface area contributed by atoms with Gasteiger partial charge in [-0.25, -0.2) is 0 Å². The van der Waals surface area contributed by atoms with Crippen LogP contribution < -0.4 is 5.32 Å². The van der Waals surface area contributed by atoms with Crippen molar-refractivity contribution in [3.8, 4) is 0 Å². The lowest BCUT2D eigenvalue weighted by Crippen LogP contribution is -2.15. The molecule has 0 rings (SSSR count). The molecule has 0 aliphatic carbocycles. The van der Waals surface area contributed by atoms with Crippen LogP contribution in [0.3, 0.4) is 0 Å². The second kappa shape index (κ2) is 4.09. The molecule has 2 heteroatoms. The van der Waals surface area contributed by atoms with Crippen molar-refractivity contribution in [3.63, 3.8) is 0 Å². The van der Waals surface area contributed by atoms with Crippen LogP contribution in [0.25, 0.3) is 0 Å². The third kappa shape index (κ3) is 5.92. The molecule has 0 bridgehead atoms. The highest BCUT2D eigenvalue weighted by molar-refractivity contribution is 6.21. The second-order valence-corrected chi connectivity index (χ2v) is 3.15. The molecule has 7 heavy (non-hydrogen) atoms. The normalized spacial score (nSPS) is 9.29. The fourth-order valence-electron chi connectivity index (χ4n) is 0.338. The van der Waals surface area contributed by atoms with Crippen molar-refractivity contribution in [2.45, 2.75) is 6.92 Å². The highest BCUT2D eigenvalue weighted by atomic mass is 28.1. The molecule has 0 aliphatic rings. The summed E-state index contributed by atoms with van der Waals surface area (Å²) in [7, 11) is 1.13. The lowest BCUT2D eigenvalue weighted by Gasteiger charge is -1.96. The van der Waals surface area contributed by atoms with E-state index in [0.717, 1.165) is 23.3 Å². The van der Waals surface area contributed by atoms with Crippen LogP contribution >= 0.6 is 0 Å². The predicted octanol–water partition coefficient (Wildman–Crippen LogP) is -0.525.